The van der Waals surface area contributed by atoms with Crippen molar-refractivity contribution in [2.45, 2.75) is 20.4 Å². The number of nitrogens with one attached hydrogen (secondary N) is 1. The molecule has 0 saturated carbocycles. The van der Waals surface area contributed by atoms with Crippen molar-refractivity contribution in [3.63, 3.8) is 0 Å². The second-order valence-electron chi connectivity index (χ2n) is 6.16. The number of nitro groups is 1. The van der Waals surface area contributed by atoms with Crippen LogP contribution in [0.25, 0.3) is 10.2 Å². The van der Waals surface area contributed by atoms with Crippen LogP contribution in [0.5, 0.6) is 0 Å². The number of H-pyrrole nitrogens is 1. The summed E-state index contributed by atoms with van der Waals surface area (Å²) in [6, 6.07) is 3.52. The Morgan fingerprint density at radius 3 is 2.59 bits per heavy atom. The van der Waals surface area contributed by atoms with Gasteiger partial charge in [-0.3, -0.25) is 29.4 Å². The number of fused-ring (bicyclic) bond motifs is 2. The molecular formula is C17H12N4O5S. The minimum atomic E-state index is -0.653. The van der Waals surface area contributed by atoms with Crippen LogP contribution in [0, 0.1) is 24.0 Å². The number of carbonyl (C=O) groups excluding carboxylic acids is 2. The van der Waals surface area contributed by atoms with Gasteiger partial charge in [-0.15, -0.1) is 11.3 Å². The zero-order valence-corrected chi connectivity index (χ0v) is 15.0. The van der Waals surface area contributed by atoms with E-state index in [1.54, 1.807) is 0 Å². The van der Waals surface area contributed by atoms with Gasteiger partial charge in [-0.25, -0.2) is 4.98 Å². The van der Waals surface area contributed by atoms with Gasteiger partial charge in [0.2, 0.25) is 0 Å². The number of thiophene rings is 1. The van der Waals surface area contributed by atoms with Crippen molar-refractivity contribution < 1.29 is 14.5 Å². The molecule has 2 aromatic heterocycles. The number of nitro benzene ring substituents is 1. The zero-order valence-electron chi connectivity index (χ0n) is 14.2. The minimum absolute atomic E-state index is 0.0274. The number of amides is 2. The summed E-state index contributed by atoms with van der Waals surface area (Å²) in [5, 5.41) is 11.4. The van der Waals surface area contributed by atoms with E-state index in [0.29, 0.717) is 10.2 Å². The second kappa shape index (κ2) is 5.81. The average Bonchev–Trinajstić information content (AvgIpc) is 3.03. The highest BCUT2D eigenvalue weighted by atomic mass is 32.1. The van der Waals surface area contributed by atoms with Crippen molar-refractivity contribution in [2.24, 2.45) is 0 Å². The lowest BCUT2D eigenvalue weighted by Gasteiger charge is -2.12. The summed E-state index contributed by atoms with van der Waals surface area (Å²) in [5.74, 6) is -1.05. The van der Waals surface area contributed by atoms with Crippen LogP contribution in [0.3, 0.4) is 0 Å². The quantitative estimate of drug-likeness (QED) is 0.419. The Bertz CT molecular complexity index is 1230. The number of rotatable bonds is 3. The fraction of sp³-hybridized carbons (Fsp3) is 0.176. The molecule has 0 unspecified atom stereocenters. The predicted octanol–water partition coefficient (Wildman–Crippen LogP) is 2.31. The maximum absolute atomic E-state index is 12.6. The molecule has 9 nitrogen and oxygen atoms in total. The van der Waals surface area contributed by atoms with E-state index in [1.165, 1.54) is 23.5 Å². The summed E-state index contributed by atoms with van der Waals surface area (Å²) < 4.78 is 0. The number of nitrogens with zero attached hydrogens (tertiary/aromatic N) is 3. The molecule has 136 valence electrons. The molecule has 0 atom stereocenters. The summed E-state index contributed by atoms with van der Waals surface area (Å²) >= 11 is 1.36. The number of carbonyl (C=O) groups is 2. The van der Waals surface area contributed by atoms with Crippen LogP contribution in [0.4, 0.5) is 5.69 Å². The highest BCUT2D eigenvalue weighted by Crippen LogP contribution is 2.29. The van der Waals surface area contributed by atoms with Crippen LogP contribution in [-0.4, -0.2) is 31.6 Å². The van der Waals surface area contributed by atoms with Crippen LogP contribution in [-0.2, 0) is 6.54 Å². The summed E-state index contributed by atoms with van der Waals surface area (Å²) in [7, 11) is 0. The van der Waals surface area contributed by atoms with Crippen molar-refractivity contribution >= 4 is 39.1 Å². The number of hydrogen-bond acceptors (Lipinski definition) is 7. The molecule has 1 aromatic carbocycles. The molecular weight excluding hydrogens is 372 g/mol. The molecule has 4 rings (SSSR count). The van der Waals surface area contributed by atoms with E-state index in [0.717, 1.165) is 21.4 Å². The van der Waals surface area contributed by atoms with Crippen LogP contribution in [0.15, 0.2) is 23.0 Å². The number of aromatic nitrogens is 2. The zero-order chi connectivity index (χ0) is 19.5. The normalized spacial score (nSPS) is 13.5. The van der Waals surface area contributed by atoms with Crippen molar-refractivity contribution in [1.29, 1.82) is 0 Å². The van der Waals surface area contributed by atoms with E-state index < -0.39 is 16.7 Å². The topological polar surface area (TPSA) is 126 Å². The Hall–Kier alpha value is -3.40. The molecule has 2 amide bonds. The number of benzene rings is 1. The molecule has 0 saturated heterocycles. The Balaban J connectivity index is 1.72. The largest absolute Gasteiger partial charge is 0.308 e. The Morgan fingerprint density at radius 2 is 1.89 bits per heavy atom. The van der Waals surface area contributed by atoms with E-state index in [4.69, 9.17) is 0 Å². The van der Waals surface area contributed by atoms with Gasteiger partial charge in [-0.2, -0.15) is 0 Å². The first-order chi connectivity index (χ1) is 12.8. The number of imide groups is 1. The molecule has 3 aromatic rings. The van der Waals surface area contributed by atoms with Crippen molar-refractivity contribution in [2.75, 3.05) is 0 Å². The number of aryl methyl sites for hydroxylation is 2. The van der Waals surface area contributed by atoms with Gasteiger partial charge in [0, 0.05) is 17.0 Å². The van der Waals surface area contributed by atoms with E-state index in [1.807, 2.05) is 13.8 Å². The van der Waals surface area contributed by atoms with Gasteiger partial charge in [-0.05, 0) is 25.5 Å². The SMILES string of the molecule is Cc1sc2nc(CN3C(=O)c4ccc([N+](=O)[O-])cc4C3=O)[nH]c(=O)c2c1C. The van der Waals surface area contributed by atoms with Gasteiger partial charge < -0.3 is 4.98 Å². The Kier molecular flexibility index (Phi) is 3.67. The molecule has 0 fully saturated rings. The maximum Gasteiger partial charge on any atom is 0.270 e. The second-order valence-corrected chi connectivity index (χ2v) is 7.36. The molecule has 27 heavy (non-hydrogen) atoms. The number of hydrogen-bond donors (Lipinski definition) is 1. The minimum Gasteiger partial charge on any atom is -0.308 e. The van der Waals surface area contributed by atoms with Gasteiger partial charge in [0.25, 0.3) is 23.1 Å². The summed E-state index contributed by atoms with van der Waals surface area (Å²) in [6.07, 6.45) is 0. The molecule has 1 aliphatic heterocycles. The fourth-order valence-corrected chi connectivity index (χ4v) is 4.11. The van der Waals surface area contributed by atoms with Gasteiger partial charge in [0.15, 0.2) is 0 Å². The van der Waals surface area contributed by atoms with E-state index in [-0.39, 0.29) is 34.7 Å². The van der Waals surface area contributed by atoms with Crippen molar-refractivity contribution in [1.82, 2.24) is 14.9 Å². The molecule has 0 spiro atoms. The molecule has 0 aliphatic carbocycles. The van der Waals surface area contributed by atoms with Crippen LogP contribution in [0.1, 0.15) is 37.0 Å². The number of non-ortho nitro benzene ring substituents is 1. The lowest BCUT2D eigenvalue weighted by Crippen LogP contribution is -2.30. The first-order valence-corrected chi connectivity index (χ1v) is 8.73. The Labute approximate surface area is 155 Å². The lowest BCUT2D eigenvalue weighted by molar-refractivity contribution is -0.384. The van der Waals surface area contributed by atoms with Gasteiger partial charge in [0.05, 0.1) is 28.0 Å². The van der Waals surface area contributed by atoms with E-state index in [9.17, 15) is 24.5 Å². The summed E-state index contributed by atoms with van der Waals surface area (Å²) in [6.45, 7) is 3.50. The number of aromatic amines is 1. The third-order valence-electron chi connectivity index (χ3n) is 4.56. The smallest absolute Gasteiger partial charge is 0.270 e. The lowest BCUT2D eigenvalue weighted by atomic mass is 10.1. The van der Waals surface area contributed by atoms with E-state index >= 15 is 0 Å². The van der Waals surface area contributed by atoms with Crippen LogP contribution in [0.2, 0.25) is 0 Å². The van der Waals surface area contributed by atoms with Gasteiger partial charge in [0.1, 0.15) is 10.7 Å². The monoisotopic (exact) mass is 384 g/mol. The molecule has 1 aliphatic rings. The average molecular weight is 384 g/mol. The van der Waals surface area contributed by atoms with Crippen molar-refractivity contribution in [3.8, 4) is 0 Å². The summed E-state index contributed by atoms with van der Waals surface area (Å²) in [5.41, 5.74) is 0.318. The van der Waals surface area contributed by atoms with Gasteiger partial charge >= 0.3 is 0 Å². The van der Waals surface area contributed by atoms with Crippen LogP contribution < -0.4 is 5.56 Å². The molecule has 3 heterocycles. The van der Waals surface area contributed by atoms with E-state index in [2.05, 4.69) is 9.97 Å². The highest BCUT2D eigenvalue weighted by molar-refractivity contribution is 7.18. The summed E-state index contributed by atoms with van der Waals surface area (Å²) in [4.78, 5) is 57.1. The molecule has 0 bridgehead atoms. The van der Waals surface area contributed by atoms with Crippen molar-refractivity contribution in [3.05, 3.63) is 66.1 Å². The predicted molar refractivity (Wildman–Crippen MR) is 97.0 cm³/mol. The standard InChI is InChI=1S/C17H12N4O5S/c1-7-8(2)27-15-13(7)14(22)18-12(19-15)6-20-16(23)10-4-3-9(21(25)26)5-11(10)17(20)24/h3-5H,6H2,1-2H3,(H,18,19,22). The Morgan fingerprint density at radius 1 is 1.19 bits per heavy atom. The van der Waals surface area contributed by atoms with Crippen LogP contribution >= 0.6 is 11.3 Å². The highest BCUT2D eigenvalue weighted by Gasteiger charge is 2.37. The van der Waals surface area contributed by atoms with Gasteiger partial charge in [-0.1, -0.05) is 0 Å². The molecule has 10 heteroatoms. The maximum atomic E-state index is 12.6. The molecule has 0 radical (unpaired) electrons. The third kappa shape index (κ3) is 2.53. The first-order valence-electron chi connectivity index (χ1n) is 7.91. The molecule has 1 N–H and O–H groups in total. The first kappa shape index (κ1) is 17.0. The third-order valence-corrected chi connectivity index (χ3v) is 5.66. The fourth-order valence-electron chi connectivity index (χ4n) is 3.06.